The van der Waals surface area contributed by atoms with Crippen LogP contribution in [0.25, 0.3) is 0 Å². The SMILES string of the molecule is CC(C)(C)c1csc(CN2CCN(CC(N)=O)CC2)n1.O=C(O)C(=O)O. The number of aliphatic carboxylic acids is 2. The molecule has 1 aromatic heterocycles. The molecule has 26 heavy (non-hydrogen) atoms. The van der Waals surface area contributed by atoms with Gasteiger partial charge >= 0.3 is 11.9 Å². The van der Waals surface area contributed by atoms with Crippen LogP contribution >= 0.6 is 11.3 Å². The second-order valence-corrected chi connectivity index (χ2v) is 7.95. The van der Waals surface area contributed by atoms with Crippen molar-refractivity contribution in [2.24, 2.45) is 5.73 Å². The lowest BCUT2D eigenvalue weighted by atomic mass is 9.93. The maximum atomic E-state index is 10.9. The fourth-order valence-corrected chi connectivity index (χ4v) is 3.31. The van der Waals surface area contributed by atoms with Crippen LogP contribution in [0.4, 0.5) is 0 Å². The highest BCUT2D eigenvalue weighted by molar-refractivity contribution is 7.09. The van der Waals surface area contributed by atoms with E-state index >= 15 is 0 Å². The molecule has 1 aliphatic rings. The summed E-state index contributed by atoms with van der Waals surface area (Å²) in [7, 11) is 0. The van der Waals surface area contributed by atoms with Gasteiger partial charge in [-0.25, -0.2) is 14.6 Å². The number of thiazole rings is 1. The zero-order chi connectivity index (χ0) is 19.9. The van der Waals surface area contributed by atoms with Crippen LogP contribution in [-0.2, 0) is 26.3 Å². The van der Waals surface area contributed by atoms with Crippen molar-refractivity contribution in [1.82, 2.24) is 14.8 Å². The second kappa shape index (κ2) is 9.60. The molecule has 1 amide bonds. The summed E-state index contributed by atoms with van der Waals surface area (Å²) in [6.07, 6.45) is 0. The van der Waals surface area contributed by atoms with Gasteiger partial charge in [-0.2, -0.15) is 0 Å². The summed E-state index contributed by atoms with van der Waals surface area (Å²) in [5, 5.41) is 18.1. The summed E-state index contributed by atoms with van der Waals surface area (Å²) in [5.74, 6) is -3.89. The first kappa shape index (κ1) is 22.0. The first-order valence-electron chi connectivity index (χ1n) is 8.13. The van der Waals surface area contributed by atoms with E-state index < -0.39 is 11.9 Å². The van der Waals surface area contributed by atoms with Crippen molar-refractivity contribution < 1.29 is 24.6 Å². The predicted molar refractivity (Wildman–Crippen MR) is 97.0 cm³/mol. The fourth-order valence-electron chi connectivity index (χ4n) is 2.25. The van der Waals surface area contributed by atoms with E-state index in [4.69, 9.17) is 30.5 Å². The van der Waals surface area contributed by atoms with Gasteiger partial charge in [-0.1, -0.05) is 20.8 Å². The van der Waals surface area contributed by atoms with Gasteiger partial charge in [-0.3, -0.25) is 14.6 Å². The Hall–Kier alpha value is -2.04. The monoisotopic (exact) mass is 386 g/mol. The zero-order valence-electron chi connectivity index (χ0n) is 15.3. The Morgan fingerprint density at radius 2 is 1.62 bits per heavy atom. The Bertz CT molecular complexity index is 621. The number of rotatable bonds is 4. The molecule has 0 aliphatic carbocycles. The number of hydrogen-bond donors (Lipinski definition) is 3. The van der Waals surface area contributed by atoms with Crippen LogP contribution < -0.4 is 5.73 Å². The summed E-state index contributed by atoms with van der Waals surface area (Å²) in [4.78, 5) is 38.3. The number of carboxylic acids is 2. The van der Waals surface area contributed by atoms with E-state index in [0.717, 1.165) is 32.7 Å². The highest BCUT2D eigenvalue weighted by atomic mass is 32.1. The van der Waals surface area contributed by atoms with Gasteiger partial charge in [-0.15, -0.1) is 11.3 Å². The zero-order valence-corrected chi connectivity index (χ0v) is 16.1. The Morgan fingerprint density at radius 1 is 1.12 bits per heavy atom. The first-order valence-corrected chi connectivity index (χ1v) is 9.01. The molecular formula is C16H26N4O5S. The molecule has 4 N–H and O–H groups in total. The number of carbonyl (C=O) groups excluding carboxylic acids is 1. The predicted octanol–water partition coefficient (Wildman–Crippen LogP) is 0.199. The maximum Gasteiger partial charge on any atom is 0.414 e. The van der Waals surface area contributed by atoms with Crippen LogP contribution in [0.1, 0.15) is 31.5 Å². The molecule has 0 spiro atoms. The Balaban J connectivity index is 0.000000487. The number of primary amides is 1. The fraction of sp³-hybridized carbons (Fsp3) is 0.625. The Labute approximate surface area is 156 Å². The molecular weight excluding hydrogens is 360 g/mol. The quantitative estimate of drug-likeness (QED) is 0.624. The molecule has 10 heteroatoms. The standard InChI is InChI=1S/C14H24N4OS.C2H2O4/c1-14(2,3)11-10-20-13(16-11)9-18-6-4-17(5-7-18)8-12(15)19;3-1(4)2(5)6/h10H,4-9H2,1-3H3,(H2,15,19);(H,3,4)(H,5,6). The molecule has 1 aliphatic heterocycles. The number of piperazine rings is 1. The molecule has 146 valence electrons. The van der Waals surface area contributed by atoms with E-state index in [1.807, 2.05) is 0 Å². The van der Waals surface area contributed by atoms with E-state index in [9.17, 15) is 4.79 Å². The number of aromatic nitrogens is 1. The van der Waals surface area contributed by atoms with Crippen molar-refractivity contribution in [3.8, 4) is 0 Å². The lowest BCUT2D eigenvalue weighted by molar-refractivity contribution is -0.159. The third-order valence-corrected chi connectivity index (χ3v) is 4.54. The average Bonchev–Trinajstić information content (AvgIpc) is 2.98. The number of carboxylic acid groups (broad SMARTS) is 2. The van der Waals surface area contributed by atoms with E-state index in [1.165, 1.54) is 10.7 Å². The normalized spacial score (nSPS) is 15.8. The Kier molecular flexibility index (Phi) is 8.12. The van der Waals surface area contributed by atoms with E-state index in [1.54, 1.807) is 11.3 Å². The van der Waals surface area contributed by atoms with Crippen molar-refractivity contribution in [1.29, 1.82) is 0 Å². The Morgan fingerprint density at radius 3 is 2.00 bits per heavy atom. The molecule has 1 fully saturated rings. The van der Waals surface area contributed by atoms with Crippen LogP contribution in [0.5, 0.6) is 0 Å². The lowest BCUT2D eigenvalue weighted by Crippen LogP contribution is -2.48. The molecule has 0 saturated carbocycles. The molecule has 0 radical (unpaired) electrons. The number of nitrogens with zero attached hydrogens (tertiary/aromatic N) is 3. The van der Waals surface area contributed by atoms with E-state index in [-0.39, 0.29) is 11.3 Å². The van der Waals surface area contributed by atoms with Crippen LogP contribution in [0.3, 0.4) is 0 Å². The molecule has 2 rings (SSSR count). The minimum atomic E-state index is -1.82. The van der Waals surface area contributed by atoms with Crippen molar-refractivity contribution >= 4 is 29.2 Å². The molecule has 2 heterocycles. The third kappa shape index (κ3) is 7.89. The number of hydrogen-bond acceptors (Lipinski definition) is 7. The molecule has 1 aromatic rings. The van der Waals surface area contributed by atoms with Gasteiger partial charge in [0.15, 0.2) is 0 Å². The molecule has 1 saturated heterocycles. The number of amides is 1. The summed E-state index contributed by atoms with van der Waals surface area (Å²) >= 11 is 1.74. The van der Waals surface area contributed by atoms with Gasteiger partial charge in [0.25, 0.3) is 0 Å². The smallest absolute Gasteiger partial charge is 0.414 e. The van der Waals surface area contributed by atoms with E-state index in [2.05, 4.69) is 36.0 Å². The van der Waals surface area contributed by atoms with Gasteiger partial charge in [-0.05, 0) is 0 Å². The number of carbonyl (C=O) groups is 3. The van der Waals surface area contributed by atoms with Crippen LogP contribution in [-0.4, -0.2) is 75.6 Å². The van der Waals surface area contributed by atoms with Crippen LogP contribution in [0, 0.1) is 0 Å². The highest BCUT2D eigenvalue weighted by Gasteiger charge is 2.21. The maximum absolute atomic E-state index is 10.9. The summed E-state index contributed by atoms with van der Waals surface area (Å²) in [5.41, 5.74) is 6.51. The van der Waals surface area contributed by atoms with E-state index in [0.29, 0.717) is 6.54 Å². The van der Waals surface area contributed by atoms with Crippen LogP contribution in [0.2, 0.25) is 0 Å². The average molecular weight is 386 g/mol. The molecule has 0 atom stereocenters. The summed E-state index contributed by atoms with van der Waals surface area (Å²) < 4.78 is 0. The molecule has 9 nitrogen and oxygen atoms in total. The number of nitrogens with two attached hydrogens (primary N) is 1. The topological polar surface area (TPSA) is 137 Å². The molecule has 0 aromatic carbocycles. The van der Waals surface area contributed by atoms with Crippen molar-refractivity contribution in [3.05, 3.63) is 16.1 Å². The third-order valence-electron chi connectivity index (χ3n) is 3.71. The van der Waals surface area contributed by atoms with Gasteiger partial charge in [0.2, 0.25) is 5.91 Å². The summed E-state index contributed by atoms with van der Waals surface area (Å²) in [6.45, 7) is 11.6. The first-order chi connectivity index (χ1) is 12.0. The molecule has 0 bridgehead atoms. The van der Waals surface area contributed by atoms with Crippen molar-refractivity contribution in [2.75, 3.05) is 32.7 Å². The van der Waals surface area contributed by atoms with Crippen molar-refractivity contribution in [2.45, 2.75) is 32.7 Å². The summed E-state index contributed by atoms with van der Waals surface area (Å²) in [6, 6.07) is 0. The van der Waals surface area contributed by atoms with Gasteiger partial charge < -0.3 is 15.9 Å². The highest BCUT2D eigenvalue weighted by Crippen LogP contribution is 2.24. The van der Waals surface area contributed by atoms with Gasteiger partial charge in [0.05, 0.1) is 18.8 Å². The second-order valence-electron chi connectivity index (χ2n) is 7.01. The van der Waals surface area contributed by atoms with Crippen LogP contribution in [0.15, 0.2) is 5.38 Å². The molecule has 0 unspecified atom stereocenters. The largest absolute Gasteiger partial charge is 0.473 e. The van der Waals surface area contributed by atoms with Gasteiger partial charge in [0, 0.05) is 37.0 Å². The lowest BCUT2D eigenvalue weighted by Gasteiger charge is -2.33. The minimum absolute atomic E-state index is 0.120. The van der Waals surface area contributed by atoms with Crippen molar-refractivity contribution in [3.63, 3.8) is 0 Å². The van der Waals surface area contributed by atoms with Gasteiger partial charge in [0.1, 0.15) is 5.01 Å². The minimum Gasteiger partial charge on any atom is -0.473 e.